The lowest BCUT2D eigenvalue weighted by Crippen LogP contribution is -2.31. The molecule has 0 radical (unpaired) electrons. The molecule has 160 valence electrons. The standard InChI is InChI=1S/C22H23N5O2S2/c1-25(2)15-8-9-27(12-15)19-7-4-13-10-18(30-21(13)24-19)20(28)23-14-5-6-17-16(11-14)26(3)22(29)31-17/h4-7,10-11,15H,8-9,12H2,1-3H3,(H,23,28). The van der Waals surface area contributed by atoms with Crippen LogP contribution in [0.4, 0.5) is 11.5 Å². The van der Waals surface area contributed by atoms with Crippen molar-refractivity contribution in [3.63, 3.8) is 0 Å². The fourth-order valence-electron chi connectivity index (χ4n) is 3.96. The highest BCUT2D eigenvalue weighted by atomic mass is 32.1. The Morgan fingerprint density at radius 2 is 2.03 bits per heavy atom. The monoisotopic (exact) mass is 453 g/mol. The molecular formula is C22H23N5O2S2. The molecule has 1 unspecified atom stereocenters. The van der Waals surface area contributed by atoms with Gasteiger partial charge in [-0.05, 0) is 56.9 Å². The Morgan fingerprint density at radius 1 is 1.19 bits per heavy atom. The van der Waals surface area contributed by atoms with Crippen molar-refractivity contribution in [2.75, 3.05) is 37.4 Å². The zero-order chi connectivity index (χ0) is 21.7. The number of likely N-dealkylation sites (N-methyl/N-ethyl adjacent to an activating group) is 1. The first-order valence-electron chi connectivity index (χ1n) is 10.1. The lowest BCUT2D eigenvalue weighted by molar-refractivity contribution is 0.103. The van der Waals surface area contributed by atoms with Gasteiger partial charge < -0.3 is 19.7 Å². The van der Waals surface area contributed by atoms with Crippen LogP contribution in [0.3, 0.4) is 0 Å². The van der Waals surface area contributed by atoms with Crippen LogP contribution in [-0.4, -0.2) is 53.6 Å². The maximum atomic E-state index is 12.9. The number of aromatic nitrogens is 2. The zero-order valence-corrected chi connectivity index (χ0v) is 19.2. The third-order valence-corrected chi connectivity index (χ3v) is 7.92. The highest BCUT2D eigenvalue weighted by molar-refractivity contribution is 7.20. The van der Waals surface area contributed by atoms with Crippen molar-refractivity contribution in [2.24, 2.45) is 7.05 Å². The number of carbonyl (C=O) groups excluding carboxylic acids is 1. The number of pyridine rings is 1. The molecule has 0 bridgehead atoms. The van der Waals surface area contributed by atoms with Gasteiger partial charge in [-0.2, -0.15) is 0 Å². The Morgan fingerprint density at radius 3 is 2.81 bits per heavy atom. The number of nitrogens with zero attached hydrogens (tertiary/aromatic N) is 4. The highest BCUT2D eigenvalue weighted by Gasteiger charge is 2.25. The summed E-state index contributed by atoms with van der Waals surface area (Å²) in [4.78, 5) is 35.6. The number of hydrogen-bond acceptors (Lipinski definition) is 7. The Bertz CT molecular complexity index is 1350. The number of benzene rings is 1. The first kappa shape index (κ1) is 20.2. The number of anilines is 2. The van der Waals surface area contributed by atoms with E-state index in [1.54, 1.807) is 11.6 Å². The molecule has 1 atom stereocenters. The van der Waals surface area contributed by atoms with Crippen molar-refractivity contribution >= 4 is 60.5 Å². The van der Waals surface area contributed by atoms with Gasteiger partial charge in [-0.3, -0.25) is 9.59 Å². The molecule has 9 heteroatoms. The summed E-state index contributed by atoms with van der Waals surface area (Å²) in [5, 5.41) is 3.92. The maximum Gasteiger partial charge on any atom is 0.307 e. The second-order valence-electron chi connectivity index (χ2n) is 8.09. The molecule has 1 N–H and O–H groups in total. The van der Waals surface area contributed by atoms with E-state index < -0.39 is 0 Å². The van der Waals surface area contributed by atoms with Crippen molar-refractivity contribution in [2.45, 2.75) is 12.5 Å². The number of carbonyl (C=O) groups is 1. The largest absolute Gasteiger partial charge is 0.355 e. The Labute approximate surface area is 187 Å². The minimum absolute atomic E-state index is 0.0141. The van der Waals surface area contributed by atoms with Gasteiger partial charge in [0, 0.05) is 37.3 Å². The van der Waals surface area contributed by atoms with Crippen LogP contribution in [0.1, 0.15) is 16.1 Å². The fraction of sp³-hybridized carbons (Fsp3) is 0.318. The van der Waals surface area contributed by atoms with Gasteiger partial charge in [0.25, 0.3) is 5.91 Å². The van der Waals surface area contributed by atoms with Gasteiger partial charge in [0.2, 0.25) is 0 Å². The van der Waals surface area contributed by atoms with E-state index in [2.05, 4.69) is 29.2 Å². The Hall–Kier alpha value is -2.75. The van der Waals surface area contributed by atoms with Gasteiger partial charge in [-0.1, -0.05) is 11.3 Å². The molecule has 0 spiro atoms. The van der Waals surface area contributed by atoms with Crippen molar-refractivity contribution in [1.82, 2.24) is 14.5 Å². The molecule has 0 saturated carbocycles. The zero-order valence-electron chi connectivity index (χ0n) is 17.6. The van der Waals surface area contributed by atoms with Crippen LogP contribution >= 0.6 is 22.7 Å². The summed E-state index contributed by atoms with van der Waals surface area (Å²) in [5.74, 6) is 0.799. The third-order valence-electron chi connectivity index (χ3n) is 5.86. The fourth-order valence-corrected chi connectivity index (χ4v) is 5.75. The first-order valence-corrected chi connectivity index (χ1v) is 11.8. The molecule has 3 aromatic heterocycles. The lowest BCUT2D eigenvalue weighted by Gasteiger charge is -2.21. The highest BCUT2D eigenvalue weighted by Crippen LogP contribution is 2.29. The average molecular weight is 454 g/mol. The van der Waals surface area contributed by atoms with E-state index in [-0.39, 0.29) is 10.8 Å². The van der Waals surface area contributed by atoms with Gasteiger partial charge in [0.05, 0.1) is 15.1 Å². The molecule has 31 heavy (non-hydrogen) atoms. The average Bonchev–Trinajstić information content (AvgIpc) is 3.46. The van der Waals surface area contributed by atoms with Gasteiger partial charge in [0.1, 0.15) is 10.6 Å². The summed E-state index contributed by atoms with van der Waals surface area (Å²) in [6.45, 7) is 1.96. The summed E-state index contributed by atoms with van der Waals surface area (Å²) >= 11 is 2.60. The van der Waals surface area contributed by atoms with Crippen molar-refractivity contribution in [1.29, 1.82) is 0 Å². The molecule has 7 nitrogen and oxygen atoms in total. The molecule has 1 amide bonds. The second-order valence-corrected chi connectivity index (χ2v) is 10.1. The van der Waals surface area contributed by atoms with E-state index in [4.69, 9.17) is 4.98 Å². The summed E-state index contributed by atoms with van der Waals surface area (Å²) in [6.07, 6.45) is 1.13. The Kier molecular flexibility index (Phi) is 5.04. The molecule has 4 aromatic rings. The van der Waals surface area contributed by atoms with E-state index in [1.165, 1.54) is 22.7 Å². The van der Waals surface area contributed by atoms with E-state index in [0.717, 1.165) is 45.8 Å². The predicted octanol–water partition coefficient (Wildman–Crippen LogP) is 3.60. The summed E-state index contributed by atoms with van der Waals surface area (Å²) in [7, 11) is 5.97. The topological polar surface area (TPSA) is 70.5 Å². The molecule has 0 aliphatic carbocycles. The number of thiazole rings is 1. The number of fused-ring (bicyclic) bond motifs is 2. The molecular weight excluding hydrogens is 430 g/mol. The number of rotatable bonds is 4. The van der Waals surface area contributed by atoms with E-state index >= 15 is 0 Å². The minimum Gasteiger partial charge on any atom is -0.355 e. The lowest BCUT2D eigenvalue weighted by atomic mass is 10.2. The number of amides is 1. The summed E-state index contributed by atoms with van der Waals surface area (Å²) < 4.78 is 2.50. The van der Waals surface area contributed by atoms with E-state index in [1.807, 2.05) is 36.4 Å². The quantitative estimate of drug-likeness (QED) is 0.511. The SMILES string of the molecule is CN(C)C1CCN(c2ccc3cc(C(=O)Nc4ccc5sc(=O)n(C)c5c4)sc3n2)C1. The van der Waals surface area contributed by atoms with Gasteiger partial charge in [0.15, 0.2) is 0 Å². The normalized spacial score (nSPS) is 16.6. The van der Waals surface area contributed by atoms with Crippen LogP contribution in [-0.2, 0) is 7.05 Å². The molecule has 5 rings (SSSR count). The van der Waals surface area contributed by atoms with Gasteiger partial charge >= 0.3 is 4.87 Å². The van der Waals surface area contributed by atoms with Crippen molar-refractivity contribution in [3.8, 4) is 0 Å². The van der Waals surface area contributed by atoms with Crippen LogP contribution in [0, 0.1) is 0 Å². The molecule has 1 aliphatic heterocycles. The smallest absolute Gasteiger partial charge is 0.307 e. The number of hydrogen-bond donors (Lipinski definition) is 1. The second kappa shape index (κ2) is 7.74. The summed E-state index contributed by atoms with van der Waals surface area (Å²) in [6, 6.07) is 12.0. The number of aryl methyl sites for hydroxylation is 1. The first-order chi connectivity index (χ1) is 14.9. The molecule has 1 saturated heterocycles. The van der Waals surface area contributed by atoms with Crippen LogP contribution < -0.4 is 15.1 Å². The minimum atomic E-state index is -0.169. The third kappa shape index (κ3) is 3.73. The van der Waals surface area contributed by atoms with Crippen molar-refractivity contribution in [3.05, 3.63) is 50.9 Å². The summed E-state index contributed by atoms with van der Waals surface area (Å²) in [5.41, 5.74) is 1.49. The Balaban J connectivity index is 1.37. The van der Waals surface area contributed by atoms with Crippen LogP contribution in [0.5, 0.6) is 0 Å². The molecule has 1 aromatic carbocycles. The van der Waals surface area contributed by atoms with Crippen molar-refractivity contribution < 1.29 is 4.79 Å². The number of thiophene rings is 1. The van der Waals surface area contributed by atoms with Gasteiger partial charge in [-0.15, -0.1) is 11.3 Å². The van der Waals surface area contributed by atoms with Crippen LogP contribution in [0.25, 0.3) is 20.4 Å². The van der Waals surface area contributed by atoms with Gasteiger partial charge in [-0.25, -0.2) is 4.98 Å². The van der Waals surface area contributed by atoms with E-state index in [0.29, 0.717) is 16.6 Å². The molecule has 4 heterocycles. The van der Waals surface area contributed by atoms with Crippen LogP contribution in [0.15, 0.2) is 41.2 Å². The maximum absolute atomic E-state index is 12.9. The molecule has 1 fully saturated rings. The molecule has 1 aliphatic rings. The van der Waals surface area contributed by atoms with Crippen LogP contribution in [0.2, 0.25) is 0 Å². The predicted molar refractivity (Wildman–Crippen MR) is 129 cm³/mol. The number of nitrogens with one attached hydrogen (secondary N) is 1. The van der Waals surface area contributed by atoms with E-state index in [9.17, 15) is 9.59 Å².